The van der Waals surface area contributed by atoms with Crippen molar-refractivity contribution in [2.45, 2.75) is 64.5 Å². The van der Waals surface area contributed by atoms with Crippen LogP contribution < -0.4 is 4.74 Å². The lowest BCUT2D eigenvalue weighted by Gasteiger charge is -2.10. The first-order chi connectivity index (χ1) is 15.3. The molecule has 6 heteroatoms. The zero-order valence-corrected chi connectivity index (χ0v) is 18.5. The van der Waals surface area contributed by atoms with E-state index >= 15 is 0 Å². The third-order valence-corrected chi connectivity index (χ3v) is 5.19. The molecular weight excluding hydrogens is 417 g/mol. The Morgan fingerprint density at radius 1 is 0.938 bits per heavy atom. The summed E-state index contributed by atoms with van der Waals surface area (Å²) >= 11 is 0. The highest BCUT2D eigenvalue weighted by atomic mass is 19.4. The summed E-state index contributed by atoms with van der Waals surface area (Å²) in [5.74, 6) is -0.611. The minimum Gasteiger partial charge on any atom is -0.494 e. The molecule has 0 aliphatic heterocycles. The Labute approximate surface area is 187 Å². The first-order valence-corrected chi connectivity index (χ1v) is 11.2. The molecule has 32 heavy (non-hydrogen) atoms. The summed E-state index contributed by atoms with van der Waals surface area (Å²) in [7, 11) is 0. The third kappa shape index (κ3) is 8.77. The lowest BCUT2D eigenvalue weighted by Crippen LogP contribution is -2.06. The number of halogens is 3. The molecule has 2 aromatic rings. The van der Waals surface area contributed by atoms with Gasteiger partial charge in [-0.25, -0.2) is 4.79 Å². The summed E-state index contributed by atoms with van der Waals surface area (Å²) < 4.78 is 44.6. The highest BCUT2D eigenvalue weighted by molar-refractivity contribution is 6.20. The van der Waals surface area contributed by atoms with E-state index in [0.717, 1.165) is 25.0 Å². The van der Waals surface area contributed by atoms with Crippen molar-refractivity contribution in [3.05, 3.63) is 65.2 Å². The van der Waals surface area contributed by atoms with Crippen LogP contribution in [-0.2, 0) is 11.0 Å². The Morgan fingerprint density at radius 2 is 1.56 bits per heavy atom. The fraction of sp³-hybridized carbons (Fsp3) is 0.423. The van der Waals surface area contributed by atoms with E-state index in [2.05, 4.69) is 6.92 Å². The molecule has 0 saturated heterocycles. The number of carboxylic acid groups (broad SMARTS) is 1. The second kappa shape index (κ2) is 12.9. The van der Waals surface area contributed by atoms with Gasteiger partial charge in [-0.05, 0) is 47.9 Å². The topological polar surface area (TPSA) is 46.5 Å². The Hall–Kier alpha value is -2.76. The van der Waals surface area contributed by atoms with E-state index in [-0.39, 0.29) is 11.1 Å². The fourth-order valence-electron chi connectivity index (χ4n) is 3.38. The van der Waals surface area contributed by atoms with Crippen LogP contribution in [0.5, 0.6) is 5.75 Å². The van der Waals surface area contributed by atoms with Gasteiger partial charge in [-0.1, -0.05) is 76.1 Å². The van der Waals surface area contributed by atoms with Crippen LogP contribution in [0.4, 0.5) is 13.2 Å². The molecule has 3 nitrogen and oxygen atoms in total. The lowest BCUT2D eigenvalue weighted by molar-refractivity contribution is -0.137. The molecule has 0 heterocycles. The molecule has 1 N–H and O–H groups in total. The highest BCUT2D eigenvalue weighted by Gasteiger charge is 2.30. The van der Waals surface area contributed by atoms with Gasteiger partial charge in [-0.3, -0.25) is 0 Å². The molecule has 0 aliphatic carbocycles. The molecule has 0 amide bonds. The number of carbonyl (C=O) groups is 1. The molecule has 0 saturated carbocycles. The van der Waals surface area contributed by atoms with Crippen LogP contribution in [0.15, 0.2) is 48.5 Å². The normalized spacial score (nSPS) is 12.1. The highest BCUT2D eigenvalue weighted by Crippen LogP contribution is 2.31. The standard InChI is InChI=1S/C26H31F3O3/c1-2-3-4-5-6-7-8-9-17-32-23-15-13-20(14-16-23)18-24(25(30)31)21-11-10-12-22(19-21)26(27,28)29/h10-16,18-19H,2-9,17H2,1H3,(H,30,31). The number of alkyl halides is 3. The number of carboxylic acids is 1. The summed E-state index contributed by atoms with van der Waals surface area (Å²) in [6, 6.07) is 11.2. The Kier molecular flexibility index (Phi) is 10.3. The van der Waals surface area contributed by atoms with E-state index in [9.17, 15) is 23.1 Å². The summed E-state index contributed by atoms with van der Waals surface area (Å²) in [5, 5.41) is 9.51. The van der Waals surface area contributed by atoms with Crippen LogP contribution in [0, 0.1) is 0 Å². The third-order valence-electron chi connectivity index (χ3n) is 5.19. The van der Waals surface area contributed by atoms with Crippen molar-refractivity contribution in [2.75, 3.05) is 6.61 Å². The Balaban J connectivity index is 1.91. The van der Waals surface area contributed by atoms with E-state index in [1.165, 1.54) is 56.7 Å². The van der Waals surface area contributed by atoms with Crippen LogP contribution in [0.3, 0.4) is 0 Å². The molecule has 0 radical (unpaired) electrons. The summed E-state index contributed by atoms with van der Waals surface area (Å²) in [4.78, 5) is 11.7. The first-order valence-electron chi connectivity index (χ1n) is 11.2. The monoisotopic (exact) mass is 448 g/mol. The van der Waals surface area contributed by atoms with Gasteiger partial charge >= 0.3 is 12.1 Å². The van der Waals surface area contributed by atoms with Gasteiger partial charge in [-0.15, -0.1) is 0 Å². The second-order valence-electron chi connectivity index (χ2n) is 7.83. The molecule has 2 aromatic carbocycles. The largest absolute Gasteiger partial charge is 0.494 e. The quantitative estimate of drug-likeness (QED) is 0.193. The molecule has 0 unspecified atom stereocenters. The number of benzene rings is 2. The Bertz CT molecular complexity index is 871. The van der Waals surface area contributed by atoms with Crippen molar-refractivity contribution in [1.29, 1.82) is 0 Å². The van der Waals surface area contributed by atoms with E-state index in [4.69, 9.17) is 4.74 Å². The molecule has 0 aliphatic rings. The lowest BCUT2D eigenvalue weighted by atomic mass is 10.0. The van der Waals surface area contributed by atoms with Gasteiger partial charge < -0.3 is 9.84 Å². The van der Waals surface area contributed by atoms with Gasteiger partial charge in [0.2, 0.25) is 0 Å². The number of ether oxygens (including phenoxy) is 1. The summed E-state index contributed by atoms with van der Waals surface area (Å²) in [6.45, 7) is 2.83. The molecule has 0 fully saturated rings. The second-order valence-corrected chi connectivity index (χ2v) is 7.83. The predicted octanol–water partition coefficient (Wildman–Crippen LogP) is 7.85. The maximum absolute atomic E-state index is 13.0. The van der Waals surface area contributed by atoms with Crippen molar-refractivity contribution >= 4 is 17.6 Å². The number of aliphatic carboxylic acids is 1. The van der Waals surface area contributed by atoms with E-state index in [1.54, 1.807) is 24.3 Å². The number of hydrogen-bond donors (Lipinski definition) is 1. The van der Waals surface area contributed by atoms with Gasteiger partial charge in [-0.2, -0.15) is 13.2 Å². The summed E-state index contributed by atoms with van der Waals surface area (Å²) in [5.41, 5.74) is -0.517. The van der Waals surface area contributed by atoms with Gasteiger partial charge in [0.25, 0.3) is 0 Å². The fourth-order valence-corrected chi connectivity index (χ4v) is 3.38. The number of rotatable bonds is 13. The SMILES string of the molecule is CCCCCCCCCCOc1ccc(C=C(C(=O)O)c2cccc(C(F)(F)F)c2)cc1. The van der Waals surface area contributed by atoms with E-state index < -0.39 is 17.7 Å². The van der Waals surface area contributed by atoms with E-state index in [0.29, 0.717) is 17.9 Å². The molecule has 174 valence electrons. The minimum atomic E-state index is -4.53. The van der Waals surface area contributed by atoms with Crippen molar-refractivity contribution in [2.24, 2.45) is 0 Å². The smallest absolute Gasteiger partial charge is 0.416 e. The number of unbranched alkanes of at least 4 members (excludes halogenated alkanes) is 7. The zero-order chi connectivity index (χ0) is 23.4. The van der Waals surface area contributed by atoms with E-state index in [1.807, 2.05) is 0 Å². The first kappa shape index (κ1) is 25.5. The van der Waals surface area contributed by atoms with Gasteiger partial charge in [0.05, 0.1) is 17.7 Å². The molecular formula is C26H31F3O3. The molecule has 0 bridgehead atoms. The van der Waals surface area contributed by atoms with Crippen LogP contribution >= 0.6 is 0 Å². The minimum absolute atomic E-state index is 0.00217. The van der Waals surface area contributed by atoms with Crippen molar-refractivity contribution < 1.29 is 27.8 Å². The summed E-state index contributed by atoms with van der Waals surface area (Å²) in [6.07, 6.45) is 6.58. The molecule has 0 spiro atoms. The van der Waals surface area contributed by atoms with Crippen LogP contribution in [0.1, 0.15) is 75.0 Å². The Morgan fingerprint density at radius 3 is 2.16 bits per heavy atom. The van der Waals surface area contributed by atoms with Crippen LogP contribution in [-0.4, -0.2) is 17.7 Å². The van der Waals surface area contributed by atoms with Crippen molar-refractivity contribution in [3.8, 4) is 5.75 Å². The van der Waals surface area contributed by atoms with Crippen LogP contribution in [0.2, 0.25) is 0 Å². The van der Waals surface area contributed by atoms with Gasteiger partial charge in [0, 0.05) is 0 Å². The molecule has 0 aromatic heterocycles. The maximum Gasteiger partial charge on any atom is 0.416 e. The van der Waals surface area contributed by atoms with Crippen molar-refractivity contribution in [1.82, 2.24) is 0 Å². The van der Waals surface area contributed by atoms with Gasteiger partial charge in [0.15, 0.2) is 0 Å². The average Bonchev–Trinajstić information content (AvgIpc) is 2.76. The zero-order valence-electron chi connectivity index (χ0n) is 18.5. The van der Waals surface area contributed by atoms with Gasteiger partial charge in [0.1, 0.15) is 5.75 Å². The average molecular weight is 449 g/mol. The number of hydrogen-bond acceptors (Lipinski definition) is 2. The molecule has 0 atom stereocenters. The predicted molar refractivity (Wildman–Crippen MR) is 121 cm³/mol. The van der Waals surface area contributed by atoms with Crippen molar-refractivity contribution in [3.63, 3.8) is 0 Å². The maximum atomic E-state index is 13.0. The molecule has 2 rings (SSSR count). The van der Waals surface area contributed by atoms with Crippen LogP contribution in [0.25, 0.3) is 11.6 Å².